The molecular formula is C96H180O12. The fourth-order valence-electron chi connectivity index (χ4n) is 14.9. The Bertz CT molecular complexity index is 2420. The molecule has 0 spiro atoms. The zero-order chi connectivity index (χ0) is 81.9. The van der Waals surface area contributed by atoms with Crippen molar-refractivity contribution in [3.05, 3.63) is 0 Å². The fraction of sp³-hybridized carbons (Fsp3) is 0.938. The minimum Gasteiger partial charge on any atom is -0.459 e. The van der Waals surface area contributed by atoms with Crippen LogP contribution in [0.5, 0.6) is 0 Å². The first-order valence-electron chi connectivity index (χ1n) is 45.9. The van der Waals surface area contributed by atoms with E-state index in [-0.39, 0.29) is 102 Å². The van der Waals surface area contributed by atoms with Crippen LogP contribution in [0.2, 0.25) is 0 Å². The highest BCUT2D eigenvalue weighted by molar-refractivity contribution is 5.78. The zero-order valence-corrected chi connectivity index (χ0v) is 76.1. The molecule has 0 unspecified atom stereocenters. The number of carbonyl (C=O) groups excluding carboxylic acids is 6. The summed E-state index contributed by atoms with van der Waals surface area (Å²) in [5.74, 6) is -0.104. The fourth-order valence-corrected chi connectivity index (χ4v) is 14.9. The summed E-state index contributed by atoms with van der Waals surface area (Å²) in [6, 6.07) is 0. The van der Waals surface area contributed by atoms with Gasteiger partial charge in [0.1, 0.15) is 33.6 Å². The molecule has 12 nitrogen and oxygen atoms in total. The molecule has 0 aliphatic heterocycles. The first-order valence-corrected chi connectivity index (χ1v) is 45.9. The van der Waals surface area contributed by atoms with Gasteiger partial charge in [-0.05, 0) is 316 Å². The van der Waals surface area contributed by atoms with E-state index in [1.807, 2.05) is 104 Å². The van der Waals surface area contributed by atoms with Gasteiger partial charge >= 0.3 is 35.8 Å². The maximum atomic E-state index is 12.4. The monoisotopic (exact) mass is 1530 g/mol. The van der Waals surface area contributed by atoms with Gasteiger partial charge in [-0.3, -0.25) is 28.8 Å². The number of rotatable bonds is 20. The third-order valence-corrected chi connectivity index (χ3v) is 27.1. The predicted molar refractivity (Wildman–Crippen MR) is 453 cm³/mol. The average Bonchev–Trinajstić information content (AvgIpc) is 1.70. The molecule has 12 heteroatoms. The van der Waals surface area contributed by atoms with E-state index in [1.54, 1.807) is 0 Å². The first-order chi connectivity index (χ1) is 50.5. The van der Waals surface area contributed by atoms with Crippen LogP contribution in [0.25, 0.3) is 0 Å². The van der Waals surface area contributed by atoms with Crippen LogP contribution in [0.1, 0.15) is 513 Å². The second kappa shape index (κ2) is 50.9. The Labute approximate surface area is 668 Å². The van der Waals surface area contributed by atoms with Crippen LogP contribution in [0.3, 0.4) is 0 Å². The largest absolute Gasteiger partial charge is 0.459 e. The molecule has 0 radical (unpaired) electrons. The molecule has 0 heterocycles. The molecule has 0 aromatic carbocycles. The zero-order valence-electron chi connectivity index (χ0n) is 76.1. The van der Waals surface area contributed by atoms with E-state index in [0.717, 1.165) is 128 Å². The second-order valence-electron chi connectivity index (χ2n) is 39.7. The summed E-state index contributed by atoms with van der Waals surface area (Å²) in [6.45, 7) is 48.9. The molecule has 108 heavy (non-hydrogen) atoms. The number of hydrogen-bond donors (Lipinski definition) is 0. The molecule has 0 aromatic rings. The lowest BCUT2D eigenvalue weighted by molar-refractivity contribution is -0.174. The maximum absolute atomic E-state index is 12.4. The molecule has 6 fully saturated rings. The van der Waals surface area contributed by atoms with Gasteiger partial charge < -0.3 is 28.4 Å². The minimum atomic E-state index is -0.354. The lowest BCUT2D eigenvalue weighted by Gasteiger charge is -2.37. The molecule has 6 rings (SSSR count). The van der Waals surface area contributed by atoms with Crippen LogP contribution >= 0.6 is 0 Å². The van der Waals surface area contributed by atoms with Gasteiger partial charge in [-0.25, -0.2) is 0 Å². The van der Waals surface area contributed by atoms with Crippen molar-refractivity contribution in [1.82, 2.24) is 0 Å². The van der Waals surface area contributed by atoms with E-state index in [1.165, 1.54) is 218 Å². The summed E-state index contributed by atoms with van der Waals surface area (Å²) in [4.78, 5) is 73.4. The van der Waals surface area contributed by atoms with Gasteiger partial charge in [0, 0.05) is 0 Å². The van der Waals surface area contributed by atoms with Crippen molar-refractivity contribution in [3.63, 3.8) is 0 Å². The minimum absolute atomic E-state index is 0.00702. The van der Waals surface area contributed by atoms with Gasteiger partial charge in [-0.15, -0.1) is 0 Å². The molecular weight excluding hydrogens is 1350 g/mol. The topological polar surface area (TPSA) is 158 Å². The molecule has 0 aromatic heterocycles. The van der Waals surface area contributed by atoms with E-state index in [0.29, 0.717) is 0 Å². The standard InChI is InChI=1S/C19H36O2.C17H32O2.C16H30O2.2C15H28O2.C14H26O2/c1-5-18(2,3)17(20)21-19(4)15-13-11-9-7-6-8-10-12-14-16-19;1-5-16(2,3)15(18)19-17(4)13-11-9-7-6-8-10-12-14-17;1-5-15(3,4)14(17)18-16(6-2)12-10-8-7-9-11-13-16;1-5-14(2,3)13(16)17-15(4)11-9-7-6-8-10-12-15;1-5-14(3,4)13(16)17-15(6-2)11-9-7-8-10-12-15;1-5-13(2,3)12(15)16-14(4)10-8-6-7-9-11-14/h5-16H2,1-4H3;5-14H2,1-4H3;5-13H2,1-4H3;2*5-12H2,1-4H3;5-11H2,1-4H3. The summed E-state index contributed by atoms with van der Waals surface area (Å²) in [6.07, 6.45) is 62.6. The average molecular weight is 1530 g/mol. The first kappa shape index (κ1) is 103. The van der Waals surface area contributed by atoms with E-state index >= 15 is 0 Å². The Morgan fingerprint density at radius 1 is 0.194 bits per heavy atom. The maximum Gasteiger partial charge on any atom is 0.312 e. The van der Waals surface area contributed by atoms with Gasteiger partial charge in [0.25, 0.3) is 0 Å². The molecule has 6 aliphatic rings. The van der Waals surface area contributed by atoms with Crippen LogP contribution in [0.15, 0.2) is 0 Å². The Morgan fingerprint density at radius 2 is 0.306 bits per heavy atom. The molecule has 0 bridgehead atoms. The third-order valence-electron chi connectivity index (χ3n) is 27.1. The van der Waals surface area contributed by atoms with Crippen LogP contribution in [0.4, 0.5) is 0 Å². The van der Waals surface area contributed by atoms with E-state index in [2.05, 4.69) is 62.3 Å². The van der Waals surface area contributed by atoms with Crippen LogP contribution < -0.4 is 0 Å². The van der Waals surface area contributed by atoms with Gasteiger partial charge in [0.15, 0.2) is 0 Å². The Morgan fingerprint density at radius 3 is 0.426 bits per heavy atom. The number of carbonyl (C=O) groups is 6. The lowest BCUT2D eigenvalue weighted by atomic mass is 9.83. The van der Waals surface area contributed by atoms with Crippen LogP contribution in [-0.2, 0) is 57.2 Å². The van der Waals surface area contributed by atoms with Crippen molar-refractivity contribution in [3.8, 4) is 0 Å². The molecule has 0 atom stereocenters. The summed E-state index contributed by atoms with van der Waals surface area (Å²) >= 11 is 0. The molecule has 6 saturated carbocycles. The molecule has 0 saturated heterocycles. The van der Waals surface area contributed by atoms with Crippen molar-refractivity contribution < 1.29 is 57.2 Å². The number of ether oxygens (including phenoxy) is 6. The van der Waals surface area contributed by atoms with E-state index in [9.17, 15) is 28.8 Å². The van der Waals surface area contributed by atoms with Crippen molar-refractivity contribution in [2.75, 3.05) is 0 Å². The number of esters is 6. The van der Waals surface area contributed by atoms with Gasteiger partial charge in [-0.1, -0.05) is 197 Å². The molecule has 0 amide bonds. The molecule has 636 valence electrons. The third kappa shape index (κ3) is 40.2. The number of hydrogen-bond acceptors (Lipinski definition) is 12. The van der Waals surface area contributed by atoms with Gasteiger partial charge in [0.05, 0.1) is 32.5 Å². The predicted octanol–water partition coefficient (Wildman–Crippen LogP) is 29.2. The summed E-state index contributed by atoms with van der Waals surface area (Å²) < 4.78 is 35.4. The van der Waals surface area contributed by atoms with Crippen LogP contribution in [0, 0.1) is 32.5 Å². The highest BCUT2D eigenvalue weighted by atomic mass is 16.6. The lowest BCUT2D eigenvalue weighted by Crippen LogP contribution is -2.40. The highest BCUT2D eigenvalue weighted by Crippen LogP contribution is 2.41. The van der Waals surface area contributed by atoms with Crippen molar-refractivity contribution >= 4 is 35.8 Å². The smallest absolute Gasteiger partial charge is 0.312 e. The summed E-state index contributed by atoms with van der Waals surface area (Å²) in [5, 5.41) is 0. The Hall–Kier alpha value is -3.18. The summed E-state index contributed by atoms with van der Waals surface area (Å²) in [5.41, 5.74) is -3.32. The van der Waals surface area contributed by atoms with Crippen molar-refractivity contribution in [2.45, 2.75) is 547 Å². The SMILES string of the molecule is CCC(C)(C)C(=O)OC1(C)CCCCCC1.CCC(C)(C)C(=O)OC1(C)CCCCCCC1.CCC(C)(C)C(=O)OC1(C)CCCCCCCCC1.CCC(C)(C)C(=O)OC1(C)CCCCCCCCCCC1.CCC1(OC(=O)C(C)(C)CC)CCCCCC1.CCC1(OC(=O)C(C)(C)CC)CCCCCCC1. The van der Waals surface area contributed by atoms with Gasteiger partial charge in [-0.2, -0.15) is 0 Å². The normalized spacial score (nSPS) is 21.3. The highest BCUT2D eigenvalue weighted by Gasteiger charge is 2.42. The summed E-state index contributed by atoms with van der Waals surface area (Å²) in [7, 11) is 0. The quantitative estimate of drug-likeness (QED) is 0.0646. The molecule has 6 aliphatic carbocycles. The van der Waals surface area contributed by atoms with E-state index < -0.39 is 0 Å². The van der Waals surface area contributed by atoms with E-state index in [4.69, 9.17) is 28.4 Å². The van der Waals surface area contributed by atoms with Crippen molar-refractivity contribution in [1.29, 1.82) is 0 Å². The van der Waals surface area contributed by atoms with Crippen LogP contribution in [-0.4, -0.2) is 69.4 Å². The second-order valence-corrected chi connectivity index (χ2v) is 39.7. The Kier molecular flexibility index (Phi) is 48.5. The van der Waals surface area contributed by atoms with Gasteiger partial charge in [0.2, 0.25) is 0 Å². The van der Waals surface area contributed by atoms with Crippen molar-refractivity contribution in [2.24, 2.45) is 32.5 Å². The Balaban J connectivity index is 0.000000649. The molecule has 0 N–H and O–H groups in total.